The molecule has 2 aromatic heterocycles. The number of methoxy groups -OCH3 is 1. The van der Waals surface area contributed by atoms with Gasteiger partial charge in [-0.3, -0.25) is 5.10 Å². The predicted octanol–water partition coefficient (Wildman–Crippen LogP) is 4.24. The van der Waals surface area contributed by atoms with Crippen molar-refractivity contribution in [3.05, 3.63) is 60.0 Å². The topological polar surface area (TPSA) is 72.9 Å². The van der Waals surface area contributed by atoms with Gasteiger partial charge in [-0.2, -0.15) is 10.1 Å². The molecule has 0 fully saturated rings. The second-order valence-corrected chi connectivity index (χ2v) is 5.48. The number of halogens is 3. The molecular formula is C18H11F3N4O2. The molecule has 0 saturated carbocycles. The van der Waals surface area contributed by atoms with Crippen molar-refractivity contribution in [3.8, 4) is 28.8 Å². The van der Waals surface area contributed by atoms with E-state index in [4.69, 9.17) is 9.47 Å². The summed E-state index contributed by atoms with van der Waals surface area (Å²) in [5, 5.41) is 7.14. The minimum absolute atomic E-state index is 0.183. The fraction of sp³-hybridized carbons (Fsp3) is 0.0556. The third-order valence-corrected chi connectivity index (χ3v) is 3.83. The van der Waals surface area contributed by atoms with E-state index in [0.717, 1.165) is 12.1 Å². The molecule has 0 aliphatic rings. The molecule has 0 aliphatic heterocycles. The number of hydrogen-bond donors (Lipinski definition) is 1. The fourth-order valence-corrected chi connectivity index (χ4v) is 2.60. The molecule has 0 bridgehead atoms. The Kier molecular flexibility index (Phi) is 4.11. The Morgan fingerprint density at radius 3 is 2.63 bits per heavy atom. The number of ether oxygens (including phenoxy) is 2. The number of rotatable bonds is 4. The molecule has 0 amide bonds. The van der Waals surface area contributed by atoms with Crippen LogP contribution >= 0.6 is 0 Å². The molecular weight excluding hydrogens is 361 g/mol. The van der Waals surface area contributed by atoms with Gasteiger partial charge in [0.15, 0.2) is 17.2 Å². The third-order valence-electron chi connectivity index (χ3n) is 3.83. The van der Waals surface area contributed by atoms with Crippen LogP contribution in [0.25, 0.3) is 22.3 Å². The molecule has 2 heterocycles. The lowest BCUT2D eigenvalue weighted by Gasteiger charge is -2.08. The summed E-state index contributed by atoms with van der Waals surface area (Å²) in [6.07, 6.45) is 1.36. The van der Waals surface area contributed by atoms with Crippen LogP contribution in [0.2, 0.25) is 0 Å². The zero-order valence-corrected chi connectivity index (χ0v) is 13.8. The average molecular weight is 372 g/mol. The molecule has 27 heavy (non-hydrogen) atoms. The Morgan fingerprint density at radius 1 is 1.00 bits per heavy atom. The van der Waals surface area contributed by atoms with Crippen LogP contribution in [0.1, 0.15) is 0 Å². The first-order chi connectivity index (χ1) is 13.1. The summed E-state index contributed by atoms with van der Waals surface area (Å²) in [6, 6.07) is 7.10. The molecule has 0 radical (unpaired) electrons. The van der Waals surface area contributed by atoms with E-state index in [1.54, 1.807) is 6.07 Å². The van der Waals surface area contributed by atoms with E-state index >= 15 is 0 Å². The fourth-order valence-electron chi connectivity index (χ4n) is 2.60. The minimum Gasteiger partial charge on any atom is -0.496 e. The highest BCUT2D eigenvalue weighted by atomic mass is 19.1. The Hall–Kier alpha value is -3.62. The van der Waals surface area contributed by atoms with Gasteiger partial charge in [0.25, 0.3) is 0 Å². The maximum Gasteiger partial charge on any atom is 0.324 e. The van der Waals surface area contributed by atoms with Gasteiger partial charge < -0.3 is 9.47 Å². The van der Waals surface area contributed by atoms with Crippen molar-refractivity contribution < 1.29 is 22.6 Å². The first-order valence-electron chi connectivity index (χ1n) is 7.73. The van der Waals surface area contributed by atoms with Crippen LogP contribution < -0.4 is 9.47 Å². The van der Waals surface area contributed by atoms with Crippen LogP contribution in [-0.4, -0.2) is 27.3 Å². The smallest absolute Gasteiger partial charge is 0.324 e. The number of nitrogens with one attached hydrogen (secondary N) is 1. The van der Waals surface area contributed by atoms with Gasteiger partial charge in [0.2, 0.25) is 0 Å². The van der Waals surface area contributed by atoms with Gasteiger partial charge in [-0.25, -0.2) is 18.2 Å². The molecule has 0 spiro atoms. The minimum atomic E-state index is -0.891. The van der Waals surface area contributed by atoms with Crippen LogP contribution in [0, 0.1) is 17.5 Å². The Balaban J connectivity index is 1.74. The van der Waals surface area contributed by atoms with Crippen molar-refractivity contribution in [1.29, 1.82) is 0 Å². The summed E-state index contributed by atoms with van der Waals surface area (Å²) in [7, 11) is 1.43. The molecule has 1 N–H and O–H groups in total. The number of H-pyrrole nitrogens is 1. The third kappa shape index (κ3) is 3.03. The predicted molar refractivity (Wildman–Crippen MR) is 90.1 cm³/mol. The van der Waals surface area contributed by atoms with E-state index in [0.29, 0.717) is 22.9 Å². The number of fused-ring (bicyclic) bond motifs is 1. The molecule has 136 valence electrons. The molecule has 2 aromatic carbocycles. The summed E-state index contributed by atoms with van der Waals surface area (Å²) in [5.74, 6) is -2.05. The molecule has 0 saturated heterocycles. The van der Waals surface area contributed by atoms with Gasteiger partial charge in [-0.05, 0) is 24.3 Å². The van der Waals surface area contributed by atoms with Crippen LogP contribution in [0.3, 0.4) is 0 Å². The summed E-state index contributed by atoms with van der Waals surface area (Å²) in [5.41, 5.74) is 0.701. The van der Waals surface area contributed by atoms with Crippen LogP contribution in [0.5, 0.6) is 17.5 Å². The number of hydrogen-bond acceptors (Lipinski definition) is 5. The Morgan fingerprint density at radius 2 is 1.85 bits per heavy atom. The molecule has 4 rings (SSSR count). The molecule has 0 aliphatic carbocycles. The lowest BCUT2D eigenvalue weighted by Crippen LogP contribution is -1.95. The second-order valence-electron chi connectivity index (χ2n) is 5.48. The second kappa shape index (κ2) is 6.60. The highest BCUT2D eigenvalue weighted by Crippen LogP contribution is 2.35. The monoisotopic (exact) mass is 372 g/mol. The first-order valence-corrected chi connectivity index (χ1v) is 7.73. The molecule has 6 nitrogen and oxygen atoms in total. The summed E-state index contributed by atoms with van der Waals surface area (Å²) in [4.78, 5) is 8.06. The van der Waals surface area contributed by atoms with Gasteiger partial charge in [0.1, 0.15) is 17.4 Å². The van der Waals surface area contributed by atoms with Gasteiger partial charge in [0, 0.05) is 12.3 Å². The van der Waals surface area contributed by atoms with E-state index in [9.17, 15) is 13.2 Å². The normalized spacial score (nSPS) is 11.0. The van der Waals surface area contributed by atoms with E-state index in [1.807, 2.05) is 0 Å². The lowest BCUT2D eigenvalue weighted by atomic mass is 10.1. The van der Waals surface area contributed by atoms with Gasteiger partial charge in [-0.15, -0.1) is 0 Å². The Bertz CT molecular complexity index is 1150. The number of nitrogens with zero attached hydrogens (tertiary/aromatic N) is 3. The van der Waals surface area contributed by atoms with Gasteiger partial charge >= 0.3 is 6.01 Å². The van der Waals surface area contributed by atoms with Gasteiger partial charge in [-0.1, -0.05) is 6.07 Å². The highest BCUT2D eigenvalue weighted by molar-refractivity contribution is 5.92. The maximum atomic E-state index is 14.3. The van der Waals surface area contributed by atoms with E-state index in [2.05, 4.69) is 20.2 Å². The molecule has 9 heteroatoms. The van der Waals surface area contributed by atoms with Crippen LogP contribution in [0.4, 0.5) is 13.2 Å². The van der Waals surface area contributed by atoms with E-state index in [1.165, 1.54) is 25.4 Å². The Labute approximate surface area is 150 Å². The molecule has 4 aromatic rings. The van der Waals surface area contributed by atoms with Crippen LogP contribution in [-0.2, 0) is 0 Å². The van der Waals surface area contributed by atoms with Crippen molar-refractivity contribution in [2.45, 2.75) is 0 Å². The summed E-state index contributed by atoms with van der Waals surface area (Å²) in [6.45, 7) is 0. The van der Waals surface area contributed by atoms with E-state index < -0.39 is 17.5 Å². The van der Waals surface area contributed by atoms with Crippen molar-refractivity contribution >= 4 is 11.0 Å². The maximum absolute atomic E-state index is 14.3. The lowest BCUT2D eigenvalue weighted by molar-refractivity contribution is 0.409. The molecule has 0 atom stereocenters. The standard InChI is InChI=1S/C18H11F3N4O2/c1-26-14-4-2-3-11(20)15(14)16-10-8-22-18(23-17(10)25-24-16)27-13-6-5-9(19)7-12(13)21/h2-8H,1H3,(H,22,23,24,25). The average Bonchev–Trinajstić information content (AvgIpc) is 3.06. The largest absolute Gasteiger partial charge is 0.496 e. The zero-order chi connectivity index (χ0) is 19.0. The number of aromatic nitrogens is 4. The number of aromatic amines is 1. The summed E-state index contributed by atoms with van der Waals surface area (Å²) < 4.78 is 51.4. The highest BCUT2D eigenvalue weighted by Gasteiger charge is 2.19. The van der Waals surface area contributed by atoms with Gasteiger partial charge in [0.05, 0.1) is 23.8 Å². The summed E-state index contributed by atoms with van der Waals surface area (Å²) >= 11 is 0. The number of benzene rings is 2. The first kappa shape index (κ1) is 16.8. The quantitative estimate of drug-likeness (QED) is 0.580. The SMILES string of the molecule is COc1cccc(F)c1-c1[nH]nc2nc(Oc3ccc(F)cc3F)ncc12. The zero-order valence-electron chi connectivity index (χ0n) is 13.8. The van der Waals surface area contributed by atoms with Crippen molar-refractivity contribution in [2.75, 3.05) is 7.11 Å². The van der Waals surface area contributed by atoms with Crippen molar-refractivity contribution in [2.24, 2.45) is 0 Å². The van der Waals surface area contributed by atoms with E-state index in [-0.39, 0.29) is 23.0 Å². The van der Waals surface area contributed by atoms with Crippen molar-refractivity contribution in [3.63, 3.8) is 0 Å². The molecule has 0 unspecified atom stereocenters. The van der Waals surface area contributed by atoms with Crippen LogP contribution in [0.15, 0.2) is 42.6 Å². The van der Waals surface area contributed by atoms with Crippen molar-refractivity contribution in [1.82, 2.24) is 20.2 Å².